The van der Waals surface area contributed by atoms with Crippen molar-refractivity contribution in [2.45, 2.75) is 72.7 Å². The van der Waals surface area contributed by atoms with Crippen LogP contribution < -0.4 is 9.47 Å². The molecule has 1 fully saturated rings. The monoisotopic (exact) mass is 500 g/mol. The Morgan fingerprint density at radius 1 is 0.636 bits per heavy atom. The Kier molecular flexibility index (Phi) is 5.61. The van der Waals surface area contributed by atoms with Gasteiger partial charge in [0.25, 0.3) is 0 Å². The molecule has 0 aliphatic carbocycles. The molecule has 0 bridgehead atoms. The summed E-state index contributed by atoms with van der Waals surface area (Å²) in [5.41, 5.74) is -0.268. The minimum absolute atomic E-state index is 0.0418. The number of rotatable bonds is 4. The molecule has 3 aliphatic heterocycles. The zero-order valence-electron chi connectivity index (χ0n) is 19.3. The van der Waals surface area contributed by atoms with Crippen molar-refractivity contribution in [1.82, 2.24) is 0 Å². The number of hydrogen-bond acceptors (Lipinski definition) is 7. The number of thioether (sulfide) groups is 1. The molecule has 0 amide bonds. The van der Waals surface area contributed by atoms with Gasteiger partial charge in [0.05, 0.1) is 11.1 Å². The Balaban J connectivity index is 1.72. The highest BCUT2D eigenvalue weighted by Gasteiger charge is 2.75. The fraction of sp³-hybridized carbons (Fsp3) is 0.462. The minimum Gasteiger partial charge on any atom is -0.484 e. The molecule has 4 nitrogen and oxygen atoms in total. The molecule has 7 heteroatoms. The average Bonchev–Trinajstić information content (AvgIpc) is 3.27. The van der Waals surface area contributed by atoms with Crippen LogP contribution in [-0.2, 0) is 0 Å². The first-order chi connectivity index (χ1) is 15.9. The quantitative estimate of drug-likeness (QED) is 0.412. The van der Waals surface area contributed by atoms with Crippen LogP contribution in [0.5, 0.6) is 11.5 Å². The summed E-state index contributed by atoms with van der Waals surface area (Å²) in [4.78, 5) is 28.5. The number of para-hydroxylation sites is 2. The van der Waals surface area contributed by atoms with Gasteiger partial charge in [0, 0.05) is 0 Å². The van der Waals surface area contributed by atoms with E-state index in [1.54, 1.807) is 0 Å². The number of hydrogen-bond donors (Lipinski definition) is 0. The second kappa shape index (κ2) is 7.99. The van der Waals surface area contributed by atoms with Crippen LogP contribution in [0.1, 0.15) is 74.1 Å². The smallest absolute Gasteiger partial charge is 0.197 e. The molecule has 0 saturated carbocycles. The van der Waals surface area contributed by atoms with Crippen molar-refractivity contribution in [3.8, 4) is 11.5 Å². The third-order valence-electron chi connectivity index (χ3n) is 7.52. The van der Waals surface area contributed by atoms with Crippen molar-refractivity contribution < 1.29 is 19.1 Å². The van der Waals surface area contributed by atoms with Crippen LogP contribution >= 0.6 is 33.3 Å². The summed E-state index contributed by atoms with van der Waals surface area (Å²) < 4.78 is 11.4. The van der Waals surface area contributed by atoms with Crippen molar-refractivity contribution in [2.75, 3.05) is 0 Å². The van der Waals surface area contributed by atoms with E-state index in [-0.39, 0.29) is 11.6 Å². The molecule has 1 saturated heterocycles. The number of carbonyl (C=O) groups excluding carboxylic acids is 2. The zero-order valence-corrected chi connectivity index (χ0v) is 21.8. The Bertz CT molecular complexity index is 1040. The first-order valence-electron chi connectivity index (χ1n) is 11.6. The fourth-order valence-electron chi connectivity index (χ4n) is 5.39. The molecule has 3 aliphatic rings. The second-order valence-electron chi connectivity index (χ2n) is 8.76. The average molecular weight is 501 g/mol. The van der Waals surface area contributed by atoms with Gasteiger partial charge in [0.2, 0.25) is 0 Å². The number of fused-ring (bicyclic) bond motifs is 2. The molecule has 3 heterocycles. The van der Waals surface area contributed by atoms with Crippen molar-refractivity contribution >= 4 is 44.9 Å². The Labute approximate surface area is 207 Å². The molecule has 0 radical (unpaired) electrons. The Morgan fingerprint density at radius 2 is 1.00 bits per heavy atom. The van der Waals surface area contributed by atoms with Gasteiger partial charge in [-0.05, 0) is 49.9 Å². The van der Waals surface area contributed by atoms with E-state index in [2.05, 4.69) is 27.7 Å². The number of benzene rings is 2. The predicted octanol–water partition coefficient (Wildman–Crippen LogP) is 7.18. The maximum absolute atomic E-state index is 14.3. The van der Waals surface area contributed by atoms with Gasteiger partial charge < -0.3 is 9.47 Å². The minimum atomic E-state index is -0.948. The standard InChI is InChI=1S/C26H28O4S3/c1-5-23(6-2)25(21(27)17-13-9-11-15-19(17)29-23)31-26(33-32-25)22(28)18-14-10-12-16-20(18)30-24(26,7-3)8-4/h9-16H,5-8H2,1-4H3/t25-,26+. The van der Waals surface area contributed by atoms with Crippen molar-refractivity contribution in [1.29, 1.82) is 0 Å². The summed E-state index contributed by atoms with van der Waals surface area (Å²) in [6, 6.07) is 15.0. The van der Waals surface area contributed by atoms with E-state index >= 15 is 0 Å². The van der Waals surface area contributed by atoms with E-state index in [0.29, 0.717) is 48.3 Å². The number of ketones is 2. The lowest BCUT2D eigenvalue weighted by molar-refractivity contribution is 0.0262. The van der Waals surface area contributed by atoms with Crippen molar-refractivity contribution in [3.05, 3.63) is 59.7 Å². The molecule has 0 N–H and O–H groups in total. The maximum atomic E-state index is 14.3. The van der Waals surface area contributed by atoms with E-state index < -0.39 is 19.4 Å². The van der Waals surface area contributed by atoms with Crippen LogP contribution in [-0.4, -0.2) is 30.9 Å². The first-order valence-corrected chi connectivity index (χ1v) is 14.6. The number of ether oxygens (including phenoxy) is 2. The van der Waals surface area contributed by atoms with E-state index in [1.807, 2.05) is 48.5 Å². The molecule has 2 aromatic carbocycles. The molecule has 2 spiro atoms. The van der Waals surface area contributed by atoms with Gasteiger partial charge in [-0.1, -0.05) is 85.3 Å². The van der Waals surface area contributed by atoms with Gasteiger partial charge in [-0.3, -0.25) is 9.59 Å². The lowest BCUT2D eigenvalue weighted by Gasteiger charge is -2.52. The summed E-state index contributed by atoms with van der Waals surface area (Å²) in [7, 11) is 3.03. The fourth-order valence-corrected chi connectivity index (χ4v) is 13.3. The molecule has 0 unspecified atom stereocenters. The highest BCUT2D eigenvalue weighted by atomic mass is 33.1. The van der Waals surface area contributed by atoms with Gasteiger partial charge in [0.15, 0.2) is 19.7 Å². The van der Waals surface area contributed by atoms with E-state index in [4.69, 9.17) is 9.47 Å². The van der Waals surface area contributed by atoms with Crippen LogP contribution in [0, 0.1) is 0 Å². The van der Waals surface area contributed by atoms with Gasteiger partial charge in [0.1, 0.15) is 22.7 Å². The lowest BCUT2D eigenvalue weighted by atomic mass is 9.83. The Morgan fingerprint density at radius 3 is 1.36 bits per heavy atom. The number of carbonyl (C=O) groups is 2. The molecule has 2 aromatic rings. The van der Waals surface area contributed by atoms with Crippen molar-refractivity contribution in [3.63, 3.8) is 0 Å². The third kappa shape index (κ3) is 2.82. The van der Waals surface area contributed by atoms with Crippen LogP contribution in [0.2, 0.25) is 0 Å². The van der Waals surface area contributed by atoms with E-state index in [1.165, 1.54) is 33.3 Å². The normalized spacial score (nSPS) is 28.8. The molecule has 2 atom stereocenters. The highest BCUT2D eigenvalue weighted by Crippen LogP contribution is 2.76. The van der Waals surface area contributed by atoms with Crippen LogP contribution in [0.15, 0.2) is 48.5 Å². The summed E-state index contributed by atoms with van der Waals surface area (Å²) in [6.07, 6.45) is 2.66. The molecule has 33 heavy (non-hydrogen) atoms. The third-order valence-corrected chi connectivity index (χ3v) is 14.3. The topological polar surface area (TPSA) is 52.6 Å². The summed E-state index contributed by atoms with van der Waals surface area (Å²) >= 11 is 1.49. The van der Waals surface area contributed by atoms with Crippen LogP contribution in [0.4, 0.5) is 0 Å². The predicted molar refractivity (Wildman–Crippen MR) is 138 cm³/mol. The molecular formula is C26H28O4S3. The Hall–Kier alpha value is -1.57. The number of Topliss-reactive ketones (excluding diaryl/α,β-unsaturated/α-hetero) is 2. The summed E-state index contributed by atoms with van der Waals surface area (Å²) in [5.74, 6) is 1.36. The van der Waals surface area contributed by atoms with Gasteiger partial charge in [-0.15, -0.1) is 0 Å². The molecule has 0 aromatic heterocycles. The first kappa shape index (κ1) is 23.2. The van der Waals surface area contributed by atoms with Crippen molar-refractivity contribution in [2.24, 2.45) is 0 Å². The lowest BCUT2D eigenvalue weighted by Crippen LogP contribution is -2.64. The van der Waals surface area contributed by atoms with Crippen LogP contribution in [0.3, 0.4) is 0 Å². The van der Waals surface area contributed by atoms with Gasteiger partial charge in [-0.2, -0.15) is 0 Å². The zero-order chi connectivity index (χ0) is 23.5. The molecule has 5 rings (SSSR count). The highest BCUT2D eigenvalue weighted by molar-refractivity contribution is 8.84. The molecule has 174 valence electrons. The van der Waals surface area contributed by atoms with Gasteiger partial charge >= 0.3 is 0 Å². The largest absolute Gasteiger partial charge is 0.484 e. The second-order valence-corrected chi connectivity index (χ2v) is 13.3. The SMILES string of the molecule is CCC1(CC)Oc2ccccc2C(=O)[C@@]12SS[C@@]1(S2)C(=O)c2ccccc2OC1(CC)CC. The van der Waals surface area contributed by atoms with Gasteiger partial charge in [-0.25, -0.2) is 0 Å². The maximum Gasteiger partial charge on any atom is 0.197 e. The van der Waals surface area contributed by atoms with Crippen LogP contribution in [0.25, 0.3) is 0 Å². The summed E-state index contributed by atoms with van der Waals surface area (Å²) in [5, 5.41) is 0. The van der Waals surface area contributed by atoms with E-state index in [0.717, 1.165) is 0 Å². The molecular weight excluding hydrogens is 472 g/mol. The van der Waals surface area contributed by atoms with E-state index in [9.17, 15) is 9.59 Å². The summed E-state index contributed by atoms with van der Waals surface area (Å²) in [6.45, 7) is 8.30.